The lowest BCUT2D eigenvalue weighted by atomic mass is 10.1. The van der Waals surface area contributed by atoms with Crippen molar-refractivity contribution in [2.24, 2.45) is 5.92 Å². The summed E-state index contributed by atoms with van der Waals surface area (Å²) in [5.74, 6) is 2.02. The second-order valence-electron chi connectivity index (χ2n) is 3.76. The Morgan fingerprint density at radius 3 is 2.93 bits per heavy atom. The molecule has 2 aromatic rings. The molecule has 0 aromatic carbocycles. The zero-order valence-electron chi connectivity index (χ0n) is 8.32. The van der Waals surface area contributed by atoms with Crippen LogP contribution < -0.4 is 5.73 Å². The largest absolute Gasteiger partial charge is 0.383 e. The first-order valence-electron chi connectivity index (χ1n) is 4.66. The number of hydrogen-bond acceptors (Lipinski definition) is 4. The third-order valence-corrected chi connectivity index (χ3v) is 2.80. The minimum absolute atomic E-state index is 0.562. The van der Waals surface area contributed by atoms with Gasteiger partial charge in [-0.25, -0.2) is 9.97 Å². The van der Waals surface area contributed by atoms with E-state index < -0.39 is 0 Å². The van der Waals surface area contributed by atoms with Crippen LogP contribution in [-0.2, 0) is 6.42 Å². The third-order valence-electron chi connectivity index (χ3n) is 1.99. The molecule has 14 heavy (non-hydrogen) atoms. The molecule has 0 atom stereocenters. The highest BCUT2D eigenvalue weighted by Crippen LogP contribution is 2.23. The summed E-state index contributed by atoms with van der Waals surface area (Å²) < 4.78 is 0. The van der Waals surface area contributed by atoms with Crippen LogP contribution in [-0.4, -0.2) is 9.97 Å². The highest BCUT2D eigenvalue weighted by molar-refractivity contribution is 7.16. The number of thiophene rings is 1. The molecule has 2 N–H and O–H groups in total. The maximum absolute atomic E-state index is 5.83. The van der Waals surface area contributed by atoms with Crippen LogP contribution in [0.1, 0.15) is 19.7 Å². The monoisotopic (exact) mass is 207 g/mol. The van der Waals surface area contributed by atoms with Gasteiger partial charge in [-0.1, -0.05) is 13.8 Å². The maximum atomic E-state index is 5.83. The lowest BCUT2D eigenvalue weighted by molar-refractivity contribution is 0.624. The molecule has 0 aliphatic rings. The molecule has 0 saturated heterocycles. The van der Waals surface area contributed by atoms with Gasteiger partial charge in [-0.15, -0.1) is 11.3 Å². The number of nitrogen functional groups attached to an aromatic ring is 1. The van der Waals surface area contributed by atoms with Crippen LogP contribution in [0.25, 0.3) is 10.2 Å². The normalized spacial score (nSPS) is 11.4. The van der Waals surface area contributed by atoms with E-state index >= 15 is 0 Å². The second kappa shape index (κ2) is 3.53. The van der Waals surface area contributed by atoms with Gasteiger partial charge in [-0.2, -0.15) is 0 Å². The van der Waals surface area contributed by atoms with Crippen LogP contribution in [0.15, 0.2) is 11.4 Å². The molecule has 2 aromatic heterocycles. The van der Waals surface area contributed by atoms with E-state index in [1.54, 1.807) is 11.3 Å². The van der Waals surface area contributed by atoms with Crippen LogP contribution in [0.5, 0.6) is 0 Å². The maximum Gasteiger partial charge on any atom is 0.135 e. The standard InChI is InChI=1S/C10H13N3S/c1-6(2)5-8-12-9(11)7-3-4-14-10(7)13-8/h3-4,6H,5H2,1-2H3,(H2,11,12,13). The quantitative estimate of drug-likeness (QED) is 0.823. The number of hydrogen-bond donors (Lipinski definition) is 1. The van der Waals surface area contributed by atoms with Crippen molar-refractivity contribution in [2.45, 2.75) is 20.3 Å². The first-order chi connectivity index (χ1) is 6.66. The highest BCUT2D eigenvalue weighted by atomic mass is 32.1. The molecule has 74 valence electrons. The Hall–Kier alpha value is -1.16. The van der Waals surface area contributed by atoms with Gasteiger partial charge >= 0.3 is 0 Å². The minimum Gasteiger partial charge on any atom is -0.383 e. The van der Waals surface area contributed by atoms with E-state index in [0.29, 0.717) is 11.7 Å². The topological polar surface area (TPSA) is 51.8 Å². The smallest absolute Gasteiger partial charge is 0.135 e. The summed E-state index contributed by atoms with van der Waals surface area (Å²) in [5, 5.41) is 2.97. The fraction of sp³-hybridized carbons (Fsp3) is 0.400. The van der Waals surface area contributed by atoms with E-state index in [0.717, 1.165) is 22.5 Å². The number of nitrogens with two attached hydrogens (primary N) is 1. The van der Waals surface area contributed by atoms with E-state index in [9.17, 15) is 0 Å². The zero-order chi connectivity index (χ0) is 10.1. The van der Waals surface area contributed by atoms with E-state index in [-0.39, 0.29) is 0 Å². The van der Waals surface area contributed by atoms with E-state index in [1.165, 1.54) is 0 Å². The average Bonchev–Trinajstić information content (AvgIpc) is 2.50. The van der Waals surface area contributed by atoms with Crippen molar-refractivity contribution in [1.82, 2.24) is 9.97 Å². The van der Waals surface area contributed by atoms with Crippen molar-refractivity contribution in [3.63, 3.8) is 0 Å². The molecule has 0 bridgehead atoms. The molecule has 0 spiro atoms. The number of anilines is 1. The summed E-state index contributed by atoms with van der Waals surface area (Å²) in [7, 11) is 0. The van der Waals surface area contributed by atoms with Crippen LogP contribution in [0.3, 0.4) is 0 Å². The highest BCUT2D eigenvalue weighted by Gasteiger charge is 2.07. The summed E-state index contributed by atoms with van der Waals surface area (Å²) in [5.41, 5.74) is 5.83. The number of aromatic nitrogens is 2. The van der Waals surface area contributed by atoms with E-state index in [4.69, 9.17) is 5.73 Å². The van der Waals surface area contributed by atoms with Crippen molar-refractivity contribution in [3.05, 3.63) is 17.3 Å². The Morgan fingerprint density at radius 1 is 1.43 bits per heavy atom. The van der Waals surface area contributed by atoms with Gasteiger partial charge in [0.15, 0.2) is 0 Å². The summed E-state index contributed by atoms with van der Waals surface area (Å²) in [6.07, 6.45) is 0.887. The Bertz CT molecular complexity index is 448. The van der Waals surface area contributed by atoms with Crippen molar-refractivity contribution < 1.29 is 0 Å². The Labute approximate surface area is 87.0 Å². The fourth-order valence-corrected chi connectivity index (χ4v) is 2.17. The molecule has 0 amide bonds. The molecule has 0 aliphatic carbocycles. The van der Waals surface area contributed by atoms with E-state index in [1.807, 2.05) is 11.4 Å². The molecule has 3 nitrogen and oxygen atoms in total. The lowest BCUT2D eigenvalue weighted by Gasteiger charge is -2.04. The zero-order valence-corrected chi connectivity index (χ0v) is 9.14. The SMILES string of the molecule is CC(C)Cc1nc(N)c2ccsc2n1. The van der Waals surface area contributed by atoms with Crippen LogP contribution in [0, 0.1) is 5.92 Å². The van der Waals surface area contributed by atoms with Crippen molar-refractivity contribution >= 4 is 27.4 Å². The van der Waals surface area contributed by atoms with Gasteiger partial charge in [0.05, 0.1) is 5.39 Å². The molecule has 0 unspecified atom stereocenters. The van der Waals surface area contributed by atoms with Crippen molar-refractivity contribution in [2.75, 3.05) is 5.73 Å². The average molecular weight is 207 g/mol. The molecule has 2 rings (SSSR count). The number of nitrogens with zero attached hydrogens (tertiary/aromatic N) is 2. The second-order valence-corrected chi connectivity index (χ2v) is 4.66. The minimum atomic E-state index is 0.562. The van der Waals surface area contributed by atoms with Gasteiger partial charge in [0.25, 0.3) is 0 Å². The first kappa shape index (κ1) is 9.40. The Balaban J connectivity index is 2.47. The summed E-state index contributed by atoms with van der Waals surface area (Å²) >= 11 is 1.61. The van der Waals surface area contributed by atoms with Crippen molar-refractivity contribution in [3.8, 4) is 0 Å². The predicted octanol–water partition coefficient (Wildman–Crippen LogP) is 2.47. The van der Waals surface area contributed by atoms with Crippen LogP contribution >= 0.6 is 11.3 Å². The molecule has 4 heteroatoms. The van der Waals surface area contributed by atoms with Crippen LogP contribution in [0.2, 0.25) is 0 Å². The molecular formula is C10H13N3S. The fourth-order valence-electron chi connectivity index (χ4n) is 1.38. The van der Waals surface area contributed by atoms with Gasteiger partial charge < -0.3 is 5.73 Å². The number of rotatable bonds is 2. The summed E-state index contributed by atoms with van der Waals surface area (Å²) in [6.45, 7) is 4.30. The molecule has 0 saturated carbocycles. The van der Waals surface area contributed by atoms with Crippen molar-refractivity contribution in [1.29, 1.82) is 0 Å². The number of fused-ring (bicyclic) bond motifs is 1. The predicted molar refractivity (Wildman–Crippen MR) is 60.4 cm³/mol. The van der Waals surface area contributed by atoms with Gasteiger partial charge in [-0.3, -0.25) is 0 Å². The summed E-state index contributed by atoms with van der Waals surface area (Å²) in [6, 6.07) is 1.97. The first-order valence-corrected chi connectivity index (χ1v) is 5.54. The Morgan fingerprint density at radius 2 is 2.21 bits per heavy atom. The van der Waals surface area contributed by atoms with E-state index in [2.05, 4.69) is 23.8 Å². The van der Waals surface area contributed by atoms with Gasteiger partial charge in [-0.05, 0) is 17.4 Å². The third kappa shape index (κ3) is 1.70. The molecule has 0 aliphatic heterocycles. The Kier molecular flexibility index (Phi) is 2.37. The lowest BCUT2D eigenvalue weighted by Crippen LogP contribution is -2.03. The molecule has 2 heterocycles. The van der Waals surface area contributed by atoms with Gasteiger partial charge in [0, 0.05) is 6.42 Å². The van der Waals surface area contributed by atoms with Gasteiger partial charge in [0.2, 0.25) is 0 Å². The van der Waals surface area contributed by atoms with Gasteiger partial charge in [0.1, 0.15) is 16.5 Å². The molecule has 0 radical (unpaired) electrons. The molecular weight excluding hydrogens is 194 g/mol. The van der Waals surface area contributed by atoms with Crippen LogP contribution in [0.4, 0.5) is 5.82 Å². The summed E-state index contributed by atoms with van der Waals surface area (Å²) in [4.78, 5) is 9.74. The molecule has 0 fully saturated rings.